The molecule has 0 aliphatic rings. The summed E-state index contributed by atoms with van der Waals surface area (Å²) in [5, 5.41) is 0. The van der Waals surface area contributed by atoms with E-state index in [1.165, 1.54) is 11.3 Å². The van der Waals surface area contributed by atoms with Gasteiger partial charge >= 0.3 is 0 Å². The lowest BCUT2D eigenvalue weighted by Gasteiger charge is -2.06. The van der Waals surface area contributed by atoms with Gasteiger partial charge in [0.2, 0.25) is 0 Å². The van der Waals surface area contributed by atoms with Gasteiger partial charge in [-0.15, -0.1) is 11.3 Å². The Hall–Kier alpha value is -1.81. The van der Waals surface area contributed by atoms with Crippen molar-refractivity contribution in [2.24, 2.45) is 5.73 Å². The van der Waals surface area contributed by atoms with Crippen LogP contribution in [0.4, 0.5) is 5.69 Å². The number of thiophene rings is 1. The first-order chi connectivity index (χ1) is 9.51. The maximum atomic E-state index is 12.2. The molecule has 6 heteroatoms. The summed E-state index contributed by atoms with van der Waals surface area (Å²) in [6.45, 7) is 2.14. The van der Waals surface area contributed by atoms with Crippen molar-refractivity contribution in [3.8, 4) is 11.8 Å². The number of aryl methyl sites for hydroxylation is 1. The molecule has 0 saturated heterocycles. The Labute approximate surface area is 122 Å². The van der Waals surface area contributed by atoms with Crippen molar-refractivity contribution < 1.29 is 8.42 Å². The van der Waals surface area contributed by atoms with E-state index in [0.717, 1.165) is 10.4 Å². The number of hydrogen-bond acceptors (Lipinski definition) is 4. The maximum Gasteiger partial charge on any atom is 0.271 e. The lowest BCUT2D eigenvalue weighted by Crippen LogP contribution is -2.11. The first-order valence-electron chi connectivity index (χ1n) is 5.89. The van der Waals surface area contributed by atoms with Gasteiger partial charge in [-0.3, -0.25) is 4.72 Å². The van der Waals surface area contributed by atoms with Crippen LogP contribution in [0.25, 0.3) is 0 Å². The van der Waals surface area contributed by atoms with Crippen LogP contribution >= 0.6 is 11.3 Å². The van der Waals surface area contributed by atoms with Gasteiger partial charge < -0.3 is 5.73 Å². The van der Waals surface area contributed by atoms with Crippen LogP contribution in [-0.4, -0.2) is 15.0 Å². The molecule has 1 aromatic carbocycles. The number of anilines is 1. The highest BCUT2D eigenvalue weighted by Crippen LogP contribution is 2.23. The van der Waals surface area contributed by atoms with E-state index in [1.54, 1.807) is 36.4 Å². The smallest absolute Gasteiger partial charge is 0.271 e. The van der Waals surface area contributed by atoms with Gasteiger partial charge in [0.15, 0.2) is 0 Å². The summed E-state index contributed by atoms with van der Waals surface area (Å²) >= 11 is 1.24. The number of nitrogens with two attached hydrogens (primary N) is 1. The summed E-state index contributed by atoms with van der Waals surface area (Å²) in [5.74, 6) is 5.60. The second-order valence-electron chi connectivity index (χ2n) is 4.06. The summed E-state index contributed by atoms with van der Waals surface area (Å²) in [6, 6.07) is 10.3. The molecule has 0 fully saturated rings. The molecular formula is C14H14N2O2S2. The number of hydrogen-bond donors (Lipinski definition) is 2. The van der Waals surface area contributed by atoms with E-state index in [1.807, 2.05) is 6.92 Å². The second-order valence-corrected chi connectivity index (χ2v) is 7.25. The third-order valence-electron chi connectivity index (χ3n) is 2.43. The molecule has 0 aliphatic carbocycles. The average molecular weight is 306 g/mol. The Kier molecular flexibility index (Phi) is 4.45. The van der Waals surface area contributed by atoms with Gasteiger partial charge in [-0.1, -0.05) is 17.9 Å². The maximum absolute atomic E-state index is 12.2. The van der Waals surface area contributed by atoms with Gasteiger partial charge in [0.05, 0.1) is 12.2 Å². The zero-order chi connectivity index (χ0) is 14.6. The molecule has 0 radical (unpaired) electrons. The molecule has 3 N–H and O–H groups in total. The van der Waals surface area contributed by atoms with E-state index < -0.39 is 10.0 Å². The van der Waals surface area contributed by atoms with Crippen molar-refractivity contribution in [1.29, 1.82) is 0 Å². The molecule has 2 aromatic rings. The van der Waals surface area contributed by atoms with Crippen LogP contribution in [0.15, 0.2) is 40.6 Å². The van der Waals surface area contributed by atoms with Crippen LogP contribution in [-0.2, 0) is 10.0 Å². The van der Waals surface area contributed by atoms with E-state index in [0.29, 0.717) is 9.90 Å². The fraction of sp³-hybridized carbons (Fsp3) is 0.143. The van der Waals surface area contributed by atoms with Crippen LogP contribution in [0.1, 0.15) is 10.4 Å². The lowest BCUT2D eigenvalue weighted by atomic mass is 10.2. The molecule has 0 saturated carbocycles. The Balaban J connectivity index is 2.25. The van der Waals surface area contributed by atoms with Crippen molar-refractivity contribution in [3.05, 3.63) is 46.8 Å². The second kappa shape index (κ2) is 6.09. The Morgan fingerprint density at radius 1 is 1.30 bits per heavy atom. The SMILES string of the molecule is Cc1ccc(S(=O)(=O)Nc2cccc(C#CCN)c2)s1. The highest BCUT2D eigenvalue weighted by atomic mass is 32.2. The first kappa shape index (κ1) is 14.6. The predicted octanol–water partition coefficient (Wildman–Crippen LogP) is 2.17. The summed E-state index contributed by atoms with van der Waals surface area (Å²) in [4.78, 5) is 0.952. The molecule has 0 bridgehead atoms. The molecule has 2 rings (SSSR count). The zero-order valence-electron chi connectivity index (χ0n) is 10.9. The topological polar surface area (TPSA) is 72.2 Å². The van der Waals surface area contributed by atoms with E-state index in [9.17, 15) is 8.42 Å². The average Bonchev–Trinajstić information content (AvgIpc) is 2.84. The molecule has 4 nitrogen and oxygen atoms in total. The molecule has 0 atom stereocenters. The number of sulfonamides is 1. The van der Waals surface area contributed by atoms with Crippen molar-refractivity contribution in [3.63, 3.8) is 0 Å². The Morgan fingerprint density at radius 2 is 2.10 bits per heavy atom. The number of nitrogens with one attached hydrogen (secondary N) is 1. The molecule has 0 amide bonds. The number of benzene rings is 1. The monoisotopic (exact) mass is 306 g/mol. The van der Waals surface area contributed by atoms with Crippen molar-refractivity contribution >= 4 is 27.0 Å². The molecule has 0 aliphatic heterocycles. The van der Waals surface area contributed by atoms with Crippen LogP contribution in [0.2, 0.25) is 0 Å². The molecule has 1 heterocycles. The van der Waals surface area contributed by atoms with Gasteiger partial charge in [-0.25, -0.2) is 8.42 Å². The summed E-state index contributed by atoms with van der Waals surface area (Å²) in [6.07, 6.45) is 0. The molecule has 104 valence electrons. The summed E-state index contributed by atoms with van der Waals surface area (Å²) < 4.78 is 27.2. The van der Waals surface area contributed by atoms with Gasteiger partial charge in [0, 0.05) is 10.4 Å². The van der Waals surface area contributed by atoms with Crippen LogP contribution < -0.4 is 10.5 Å². The highest BCUT2D eigenvalue weighted by Gasteiger charge is 2.16. The Morgan fingerprint density at radius 3 is 2.75 bits per heavy atom. The zero-order valence-corrected chi connectivity index (χ0v) is 12.5. The van der Waals surface area contributed by atoms with Crippen molar-refractivity contribution in [2.75, 3.05) is 11.3 Å². The first-order valence-corrected chi connectivity index (χ1v) is 8.19. The highest BCUT2D eigenvalue weighted by molar-refractivity contribution is 7.94. The fourth-order valence-electron chi connectivity index (χ4n) is 1.58. The predicted molar refractivity (Wildman–Crippen MR) is 82.2 cm³/mol. The Bertz CT molecular complexity index is 768. The van der Waals surface area contributed by atoms with Crippen molar-refractivity contribution in [2.45, 2.75) is 11.1 Å². The van der Waals surface area contributed by atoms with Gasteiger partial charge in [-0.05, 0) is 37.3 Å². The minimum Gasteiger partial charge on any atom is -0.320 e. The van der Waals surface area contributed by atoms with Crippen LogP contribution in [0, 0.1) is 18.8 Å². The summed E-state index contributed by atoms with van der Waals surface area (Å²) in [5.41, 5.74) is 6.52. The number of rotatable bonds is 3. The largest absolute Gasteiger partial charge is 0.320 e. The van der Waals surface area contributed by atoms with Gasteiger partial charge in [-0.2, -0.15) is 0 Å². The third-order valence-corrected chi connectivity index (χ3v) is 5.30. The van der Waals surface area contributed by atoms with Gasteiger partial charge in [0.25, 0.3) is 10.0 Å². The van der Waals surface area contributed by atoms with E-state index >= 15 is 0 Å². The third kappa shape index (κ3) is 3.61. The van der Waals surface area contributed by atoms with Crippen LogP contribution in [0.3, 0.4) is 0 Å². The van der Waals surface area contributed by atoms with Crippen LogP contribution in [0.5, 0.6) is 0 Å². The minimum atomic E-state index is -3.53. The van der Waals surface area contributed by atoms with E-state index in [2.05, 4.69) is 16.6 Å². The van der Waals surface area contributed by atoms with Gasteiger partial charge in [0.1, 0.15) is 4.21 Å². The molecular weight excluding hydrogens is 292 g/mol. The molecule has 1 aromatic heterocycles. The minimum absolute atomic E-state index is 0.268. The standard InChI is InChI=1S/C14H14N2O2S2/c1-11-7-8-14(19-11)20(17,18)16-13-6-2-4-12(10-13)5-3-9-15/h2,4,6-8,10,16H,9,15H2,1H3. The fourth-order valence-corrected chi connectivity index (χ4v) is 3.91. The van der Waals surface area contributed by atoms with Crippen molar-refractivity contribution in [1.82, 2.24) is 0 Å². The molecule has 0 spiro atoms. The summed E-state index contributed by atoms with van der Waals surface area (Å²) in [7, 11) is -3.53. The molecule has 0 unspecified atom stereocenters. The molecule has 20 heavy (non-hydrogen) atoms. The van der Waals surface area contributed by atoms with E-state index in [-0.39, 0.29) is 6.54 Å². The van der Waals surface area contributed by atoms with E-state index in [4.69, 9.17) is 5.73 Å². The quantitative estimate of drug-likeness (QED) is 0.854. The lowest BCUT2D eigenvalue weighted by molar-refractivity contribution is 0.603. The normalized spacial score (nSPS) is 10.7.